The zero-order valence-corrected chi connectivity index (χ0v) is 14.0. The summed E-state index contributed by atoms with van der Waals surface area (Å²) >= 11 is 0. The fraction of sp³-hybridized carbons (Fsp3) is 0.250. The molecule has 0 spiro atoms. The van der Waals surface area contributed by atoms with E-state index < -0.39 is 28.8 Å². The molecule has 2 heterocycles. The fourth-order valence-corrected chi connectivity index (χ4v) is 2.64. The van der Waals surface area contributed by atoms with Crippen molar-refractivity contribution in [3.63, 3.8) is 0 Å². The summed E-state index contributed by atoms with van der Waals surface area (Å²) < 4.78 is 29.9. The van der Waals surface area contributed by atoms with Gasteiger partial charge in [-0.25, -0.2) is 18.6 Å². The molecule has 1 N–H and O–H groups in total. The molecule has 3 aromatic rings. The number of carbonyl (C=O) groups excluding carboxylic acids is 1. The van der Waals surface area contributed by atoms with E-state index >= 15 is 0 Å². The van der Waals surface area contributed by atoms with Crippen molar-refractivity contribution in [3.8, 4) is 0 Å². The van der Waals surface area contributed by atoms with Gasteiger partial charge in [0.2, 0.25) is 5.91 Å². The van der Waals surface area contributed by atoms with Crippen molar-refractivity contribution >= 4 is 22.8 Å². The van der Waals surface area contributed by atoms with Crippen LogP contribution in [-0.2, 0) is 25.4 Å². The number of anilines is 1. The second-order valence-corrected chi connectivity index (χ2v) is 5.77. The van der Waals surface area contributed by atoms with Gasteiger partial charge >= 0.3 is 5.69 Å². The smallest absolute Gasteiger partial charge is 0.326 e. The van der Waals surface area contributed by atoms with Crippen molar-refractivity contribution in [2.45, 2.75) is 13.0 Å². The van der Waals surface area contributed by atoms with Crippen molar-refractivity contribution in [2.24, 2.45) is 14.1 Å². The molecule has 0 unspecified atom stereocenters. The van der Waals surface area contributed by atoms with Crippen LogP contribution in [0.4, 0.5) is 14.5 Å². The Kier molecular flexibility index (Phi) is 4.41. The van der Waals surface area contributed by atoms with Gasteiger partial charge < -0.3 is 9.88 Å². The SMILES string of the molecule is Cn1c(=O)c2c(ncn2CCC(=O)Nc2cc(F)cc(F)c2)n(C)c1=O. The molecule has 0 aliphatic rings. The minimum absolute atomic E-state index is 0.00120. The van der Waals surface area contributed by atoms with Crippen molar-refractivity contribution < 1.29 is 13.6 Å². The van der Waals surface area contributed by atoms with Crippen LogP contribution in [0.25, 0.3) is 11.2 Å². The summed E-state index contributed by atoms with van der Waals surface area (Å²) in [5, 5.41) is 2.39. The maximum absolute atomic E-state index is 13.1. The van der Waals surface area contributed by atoms with Gasteiger partial charge in [-0.2, -0.15) is 0 Å². The topological polar surface area (TPSA) is 90.9 Å². The molecule has 136 valence electrons. The predicted molar refractivity (Wildman–Crippen MR) is 89.8 cm³/mol. The number of fused-ring (bicyclic) bond motifs is 1. The average molecular weight is 363 g/mol. The first kappa shape index (κ1) is 17.5. The summed E-state index contributed by atoms with van der Waals surface area (Å²) in [6.45, 7) is 0.105. The van der Waals surface area contributed by atoms with E-state index in [1.807, 2.05) is 0 Å². The summed E-state index contributed by atoms with van der Waals surface area (Å²) in [7, 11) is 2.85. The number of aromatic nitrogens is 4. The molecule has 2 aromatic heterocycles. The summed E-state index contributed by atoms with van der Waals surface area (Å²) in [4.78, 5) is 40.2. The molecular formula is C16H15F2N5O3. The molecule has 3 rings (SSSR count). The first-order valence-electron chi connectivity index (χ1n) is 7.64. The Morgan fingerprint density at radius 1 is 1.12 bits per heavy atom. The molecule has 26 heavy (non-hydrogen) atoms. The third-order valence-corrected chi connectivity index (χ3v) is 3.94. The van der Waals surface area contributed by atoms with Crippen LogP contribution in [0.1, 0.15) is 6.42 Å². The van der Waals surface area contributed by atoms with Gasteiger partial charge in [0.1, 0.15) is 11.6 Å². The molecular weight excluding hydrogens is 348 g/mol. The molecule has 0 bridgehead atoms. The van der Waals surface area contributed by atoms with Gasteiger partial charge in [-0.15, -0.1) is 0 Å². The first-order chi connectivity index (χ1) is 12.3. The Labute approximate surface area is 145 Å². The van der Waals surface area contributed by atoms with E-state index in [1.165, 1.54) is 29.6 Å². The van der Waals surface area contributed by atoms with Crippen molar-refractivity contribution in [1.29, 1.82) is 0 Å². The van der Waals surface area contributed by atoms with Gasteiger partial charge in [-0.1, -0.05) is 0 Å². The van der Waals surface area contributed by atoms with E-state index in [4.69, 9.17) is 0 Å². The van der Waals surface area contributed by atoms with E-state index in [0.717, 1.165) is 16.7 Å². The van der Waals surface area contributed by atoms with Gasteiger partial charge in [0, 0.05) is 38.8 Å². The van der Waals surface area contributed by atoms with Crippen molar-refractivity contribution in [1.82, 2.24) is 18.7 Å². The Hall–Kier alpha value is -3.30. The highest BCUT2D eigenvalue weighted by atomic mass is 19.1. The second kappa shape index (κ2) is 6.54. The molecule has 10 heteroatoms. The highest BCUT2D eigenvalue weighted by molar-refractivity contribution is 5.90. The highest BCUT2D eigenvalue weighted by Gasteiger charge is 2.15. The van der Waals surface area contributed by atoms with E-state index in [9.17, 15) is 23.2 Å². The molecule has 0 radical (unpaired) electrons. The monoisotopic (exact) mass is 363 g/mol. The molecule has 1 amide bonds. The maximum atomic E-state index is 13.1. The maximum Gasteiger partial charge on any atom is 0.332 e. The first-order valence-corrected chi connectivity index (χ1v) is 7.64. The van der Waals surface area contributed by atoms with Gasteiger partial charge in [-0.3, -0.25) is 18.7 Å². The lowest BCUT2D eigenvalue weighted by atomic mass is 10.3. The van der Waals surface area contributed by atoms with Gasteiger partial charge in [0.05, 0.1) is 6.33 Å². The number of nitrogens with one attached hydrogen (secondary N) is 1. The number of carbonyl (C=O) groups is 1. The molecule has 0 aliphatic heterocycles. The van der Waals surface area contributed by atoms with Gasteiger partial charge in [0.25, 0.3) is 5.56 Å². The summed E-state index contributed by atoms with van der Waals surface area (Å²) in [6, 6.07) is 2.70. The number of hydrogen-bond donors (Lipinski definition) is 1. The lowest BCUT2D eigenvalue weighted by Crippen LogP contribution is -2.37. The third-order valence-electron chi connectivity index (χ3n) is 3.94. The van der Waals surface area contributed by atoms with E-state index in [0.29, 0.717) is 6.07 Å². The van der Waals surface area contributed by atoms with Crippen LogP contribution < -0.4 is 16.6 Å². The van der Waals surface area contributed by atoms with Crippen LogP contribution in [0.2, 0.25) is 0 Å². The largest absolute Gasteiger partial charge is 0.332 e. The van der Waals surface area contributed by atoms with E-state index in [-0.39, 0.29) is 29.8 Å². The molecule has 0 atom stereocenters. The quantitative estimate of drug-likeness (QED) is 0.740. The zero-order valence-electron chi connectivity index (χ0n) is 14.0. The molecule has 0 fully saturated rings. The molecule has 0 saturated carbocycles. The number of rotatable bonds is 4. The Bertz CT molecular complexity index is 1110. The Morgan fingerprint density at radius 2 is 1.77 bits per heavy atom. The van der Waals surface area contributed by atoms with E-state index in [1.54, 1.807) is 0 Å². The standard InChI is InChI=1S/C16H15F2N5O3/c1-21-14-13(15(25)22(2)16(21)26)23(8-19-14)4-3-12(24)20-11-6-9(17)5-10(18)7-11/h5-8H,3-4H2,1-2H3,(H,20,24). The Morgan fingerprint density at radius 3 is 2.42 bits per heavy atom. The van der Waals surface area contributed by atoms with Crippen molar-refractivity contribution in [2.75, 3.05) is 5.32 Å². The molecule has 8 nitrogen and oxygen atoms in total. The minimum atomic E-state index is -0.801. The number of amides is 1. The Balaban J connectivity index is 1.81. The molecule has 1 aromatic carbocycles. The average Bonchev–Trinajstić information content (AvgIpc) is 2.99. The minimum Gasteiger partial charge on any atom is -0.326 e. The normalized spacial score (nSPS) is 11.1. The number of imidazole rings is 1. The summed E-state index contributed by atoms with van der Waals surface area (Å²) in [5.74, 6) is -2.09. The van der Waals surface area contributed by atoms with Crippen molar-refractivity contribution in [3.05, 3.63) is 57.0 Å². The van der Waals surface area contributed by atoms with Gasteiger partial charge in [-0.05, 0) is 12.1 Å². The van der Waals surface area contributed by atoms with Crippen LogP contribution >= 0.6 is 0 Å². The lowest BCUT2D eigenvalue weighted by Gasteiger charge is -2.08. The lowest BCUT2D eigenvalue weighted by molar-refractivity contribution is -0.116. The third kappa shape index (κ3) is 3.13. The molecule has 0 aliphatic carbocycles. The predicted octanol–water partition coefficient (Wildman–Crippen LogP) is 0.741. The van der Waals surface area contributed by atoms with E-state index in [2.05, 4.69) is 10.3 Å². The second-order valence-electron chi connectivity index (χ2n) is 5.77. The summed E-state index contributed by atoms with van der Waals surface area (Å²) in [5.41, 5.74) is -0.613. The van der Waals surface area contributed by atoms with Crippen LogP contribution in [0, 0.1) is 11.6 Å². The fourth-order valence-electron chi connectivity index (χ4n) is 2.64. The number of hydrogen-bond acceptors (Lipinski definition) is 4. The number of nitrogens with zero attached hydrogens (tertiary/aromatic N) is 4. The zero-order chi connectivity index (χ0) is 19.0. The number of aryl methyl sites for hydroxylation is 2. The van der Waals surface area contributed by atoms with Crippen LogP contribution in [0.3, 0.4) is 0 Å². The van der Waals surface area contributed by atoms with Crippen LogP contribution in [-0.4, -0.2) is 24.6 Å². The van der Waals surface area contributed by atoms with Crippen LogP contribution in [0.15, 0.2) is 34.1 Å². The van der Waals surface area contributed by atoms with Crippen LogP contribution in [0.5, 0.6) is 0 Å². The highest BCUT2D eigenvalue weighted by Crippen LogP contribution is 2.13. The molecule has 0 saturated heterocycles. The van der Waals surface area contributed by atoms with Gasteiger partial charge in [0.15, 0.2) is 11.2 Å². The number of halogens is 2. The summed E-state index contributed by atoms with van der Waals surface area (Å²) in [6.07, 6.45) is 1.30. The number of benzene rings is 1.